The van der Waals surface area contributed by atoms with Crippen molar-refractivity contribution < 1.29 is 18.7 Å². The number of halogens is 2. The summed E-state index contributed by atoms with van der Waals surface area (Å²) in [6.07, 6.45) is 0.838. The first-order valence-corrected chi connectivity index (χ1v) is 10.00. The SMILES string of the molecule is CCCNC(=O)N1C[C@H]2[C@@H](c3ccccc31)[C@@H](CO)N2Cc1cc(F)ccc1F. The second kappa shape index (κ2) is 8.08. The minimum absolute atomic E-state index is 0.0445. The van der Waals surface area contributed by atoms with Gasteiger partial charge in [0.1, 0.15) is 11.6 Å². The maximum Gasteiger partial charge on any atom is 0.321 e. The molecule has 5 nitrogen and oxygen atoms in total. The molecule has 2 aromatic carbocycles. The van der Waals surface area contributed by atoms with Crippen LogP contribution in [0.4, 0.5) is 19.3 Å². The van der Waals surface area contributed by atoms with Gasteiger partial charge in [0.15, 0.2) is 0 Å². The summed E-state index contributed by atoms with van der Waals surface area (Å²) in [5.41, 5.74) is 2.10. The first-order chi connectivity index (χ1) is 14.0. The van der Waals surface area contributed by atoms with Gasteiger partial charge in [0.25, 0.3) is 0 Å². The van der Waals surface area contributed by atoms with E-state index in [1.54, 1.807) is 4.90 Å². The lowest BCUT2D eigenvalue weighted by Crippen LogP contribution is -2.69. The molecule has 3 atom stereocenters. The summed E-state index contributed by atoms with van der Waals surface area (Å²) in [6, 6.07) is 10.7. The molecular weight excluding hydrogens is 376 g/mol. The molecule has 7 heteroatoms. The summed E-state index contributed by atoms with van der Waals surface area (Å²) in [6.45, 7) is 3.11. The van der Waals surface area contributed by atoms with E-state index in [4.69, 9.17) is 0 Å². The summed E-state index contributed by atoms with van der Waals surface area (Å²) in [4.78, 5) is 16.4. The highest BCUT2D eigenvalue weighted by Gasteiger charge is 2.53. The zero-order valence-corrected chi connectivity index (χ0v) is 16.3. The average molecular weight is 401 g/mol. The van der Waals surface area contributed by atoms with Gasteiger partial charge in [-0.25, -0.2) is 13.6 Å². The van der Waals surface area contributed by atoms with E-state index in [0.29, 0.717) is 13.1 Å². The van der Waals surface area contributed by atoms with E-state index in [9.17, 15) is 18.7 Å². The lowest BCUT2D eigenvalue weighted by molar-refractivity contribution is -0.0491. The molecule has 2 aliphatic heterocycles. The number of hydrogen-bond acceptors (Lipinski definition) is 3. The molecule has 2 amide bonds. The molecule has 0 aromatic heterocycles. The van der Waals surface area contributed by atoms with Gasteiger partial charge in [0.05, 0.1) is 6.61 Å². The first-order valence-electron chi connectivity index (χ1n) is 10.00. The van der Waals surface area contributed by atoms with E-state index in [1.807, 2.05) is 36.1 Å². The Morgan fingerprint density at radius 3 is 2.79 bits per heavy atom. The largest absolute Gasteiger partial charge is 0.395 e. The Balaban J connectivity index is 1.64. The van der Waals surface area contributed by atoms with Gasteiger partial charge in [-0.15, -0.1) is 0 Å². The molecule has 1 fully saturated rings. The number of para-hydroxylation sites is 1. The van der Waals surface area contributed by atoms with E-state index in [0.717, 1.165) is 29.8 Å². The van der Waals surface area contributed by atoms with Crippen LogP contribution >= 0.6 is 0 Å². The standard InChI is InChI=1S/C22H25F2N3O2/c1-2-9-25-22(29)27-12-19-21(16-5-3-4-6-18(16)27)20(13-28)26(19)11-14-10-15(23)7-8-17(14)24/h3-8,10,19-21,28H,2,9,11-13H2,1H3,(H,25,29)/t19-,20+,21+/m0/s1. The highest BCUT2D eigenvalue weighted by molar-refractivity contribution is 5.94. The van der Waals surface area contributed by atoms with E-state index < -0.39 is 11.6 Å². The molecule has 0 bridgehead atoms. The fourth-order valence-corrected chi connectivity index (χ4v) is 4.58. The highest BCUT2D eigenvalue weighted by Crippen LogP contribution is 2.48. The number of fused-ring (bicyclic) bond motifs is 3. The number of amides is 2. The van der Waals surface area contributed by atoms with Gasteiger partial charge in [-0.3, -0.25) is 9.80 Å². The smallest absolute Gasteiger partial charge is 0.321 e. The number of likely N-dealkylation sites (tertiary alicyclic amines) is 1. The summed E-state index contributed by atoms with van der Waals surface area (Å²) in [5.74, 6) is -0.920. The Bertz CT molecular complexity index is 907. The van der Waals surface area contributed by atoms with Crippen LogP contribution in [-0.2, 0) is 6.54 Å². The molecule has 2 aliphatic rings. The molecule has 2 aromatic rings. The van der Waals surface area contributed by atoms with Crippen molar-refractivity contribution in [3.8, 4) is 0 Å². The van der Waals surface area contributed by atoms with Crippen molar-refractivity contribution in [1.29, 1.82) is 0 Å². The Hall–Kier alpha value is -2.51. The number of benzene rings is 2. The number of hydrogen-bond donors (Lipinski definition) is 2. The molecular formula is C22H25F2N3O2. The fraction of sp³-hybridized carbons (Fsp3) is 0.409. The van der Waals surface area contributed by atoms with Crippen LogP contribution in [0.2, 0.25) is 0 Å². The van der Waals surface area contributed by atoms with Gasteiger partial charge in [0.2, 0.25) is 0 Å². The third kappa shape index (κ3) is 3.49. The molecule has 0 spiro atoms. The van der Waals surface area contributed by atoms with Crippen LogP contribution in [0.15, 0.2) is 42.5 Å². The zero-order chi connectivity index (χ0) is 20.5. The van der Waals surface area contributed by atoms with E-state index in [-0.39, 0.29) is 42.7 Å². The predicted octanol–water partition coefficient (Wildman–Crippen LogP) is 3.23. The molecule has 2 N–H and O–H groups in total. The molecule has 0 radical (unpaired) electrons. The number of nitrogens with one attached hydrogen (secondary N) is 1. The minimum atomic E-state index is -0.492. The van der Waals surface area contributed by atoms with Gasteiger partial charge in [-0.05, 0) is 36.2 Å². The van der Waals surface area contributed by atoms with Crippen LogP contribution < -0.4 is 10.2 Å². The van der Waals surface area contributed by atoms with Crippen molar-refractivity contribution in [3.63, 3.8) is 0 Å². The molecule has 29 heavy (non-hydrogen) atoms. The number of aliphatic hydroxyl groups is 1. The van der Waals surface area contributed by atoms with Gasteiger partial charge >= 0.3 is 6.03 Å². The van der Waals surface area contributed by atoms with Gasteiger partial charge in [0, 0.05) is 48.9 Å². The molecule has 0 aliphatic carbocycles. The van der Waals surface area contributed by atoms with Gasteiger partial charge in [-0.1, -0.05) is 25.1 Å². The number of nitrogens with zero attached hydrogens (tertiary/aromatic N) is 2. The molecule has 0 unspecified atom stereocenters. The normalized spacial score (nSPS) is 23.2. The second-order valence-electron chi connectivity index (χ2n) is 7.65. The number of carbonyl (C=O) groups is 1. The van der Waals surface area contributed by atoms with Crippen molar-refractivity contribution in [2.45, 2.75) is 37.9 Å². The fourth-order valence-electron chi connectivity index (χ4n) is 4.58. The lowest BCUT2D eigenvalue weighted by atomic mass is 9.72. The summed E-state index contributed by atoms with van der Waals surface area (Å²) in [5, 5.41) is 12.9. The molecule has 1 saturated heterocycles. The van der Waals surface area contributed by atoms with E-state index >= 15 is 0 Å². The van der Waals surface area contributed by atoms with Gasteiger partial charge < -0.3 is 10.4 Å². The zero-order valence-electron chi connectivity index (χ0n) is 16.3. The van der Waals surface area contributed by atoms with Crippen LogP contribution in [0, 0.1) is 11.6 Å². The summed E-state index contributed by atoms with van der Waals surface area (Å²) >= 11 is 0. The Kier molecular flexibility index (Phi) is 5.52. The Morgan fingerprint density at radius 2 is 2.03 bits per heavy atom. The number of aliphatic hydroxyl groups excluding tert-OH is 1. The van der Waals surface area contributed by atoms with Crippen molar-refractivity contribution in [1.82, 2.24) is 10.2 Å². The third-order valence-electron chi connectivity index (χ3n) is 5.96. The van der Waals surface area contributed by atoms with Crippen LogP contribution in [0.3, 0.4) is 0 Å². The molecule has 0 saturated carbocycles. The van der Waals surface area contributed by atoms with Gasteiger partial charge in [-0.2, -0.15) is 0 Å². The van der Waals surface area contributed by atoms with Crippen LogP contribution in [0.1, 0.15) is 30.4 Å². The average Bonchev–Trinajstić information content (AvgIpc) is 2.72. The quantitative estimate of drug-likeness (QED) is 0.809. The topological polar surface area (TPSA) is 55.8 Å². The van der Waals surface area contributed by atoms with Crippen molar-refractivity contribution in [2.24, 2.45) is 0 Å². The summed E-state index contributed by atoms with van der Waals surface area (Å²) < 4.78 is 27.8. The highest BCUT2D eigenvalue weighted by atomic mass is 19.1. The Morgan fingerprint density at radius 1 is 1.24 bits per heavy atom. The second-order valence-corrected chi connectivity index (χ2v) is 7.65. The number of carbonyl (C=O) groups excluding carboxylic acids is 1. The Labute approximate surface area is 168 Å². The van der Waals surface area contributed by atoms with Crippen molar-refractivity contribution in [3.05, 3.63) is 65.2 Å². The minimum Gasteiger partial charge on any atom is -0.395 e. The van der Waals surface area contributed by atoms with Crippen LogP contribution in [-0.4, -0.2) is 47.8 Å². The van der Waals surface area contributed by atoms with Crippen molar-refractivity contribution >= 4 is 11.7 Å². The predicted molar refractivity (Wildman–Crippen MR) is 107 cm³/mol. The monoisotopic (exact) mass is 401 g/mol. The maximum absolute atomic E-state index is 14.2. The lowest BCUT2D eigenvalue weighted by Gasteiger charge is -2.59. The third-order valence-corrected chi connectivity index (χ3v) is 5.96. The molecule has 4 rings (SSSR count). The van der Waals surface area contributed by atoms with E-state index in [2.05, 4.69) is 5.32 Å². The van der Waals surface area contributed by atoms with Crippen LogP contribution in [0.25, 0.3) is 0 Å². The number of anilines is 1. The maximum atomic E-state index is 14.2. The van der Waals surface area contributed by atoms with Crippen molar-refractivity contribution in [2.75, 3.05) is 24.6 Å². The summed E-state index contributed by atoms with van der Waals surface area (Å²) in [7, 11) is 0. The first kappa shape index (κ1) is 19.8. The number of urea groups is 1. The number of rotatable bonds is 5. The molecule has 2 heterocycles. The van der Waals surface area contributed by atoms with E-state index in [1.165, 1.54) is 6.07 Å². The van der Waals surface area contributed by atoms with Crippen LogP contribution in [0.5, 0.6) is 0 Å². The molecule has 154 valence electrons.